The highest BCUT2D eigenvalue weighted by Crippen LogP contribution is 2.38. The summed E-state index contributed by atoms with van der Waals surface area (Å²) in [6, 6.07) is 15.5. The van der Waals surface area contributed by atoms with Gasteiger partial charge >= 0.3 is 0 Å². The molecule has 1 aromatic carbocycles. The predicted molar refractivity (Wildman–Crippen MR) is 127 cm³/mol. The summed E-state index contributed by atoms with van der Waals surface area (Å²) in [4.78, 5) is 41.5. The van der Waals surface area contributed by atoms with Gasteiger partial charge in [0.05, 0.1) is 18.1 Å². The molecule has 2 aromatic heterocycles. The van der Waals surface area contributed by atoms with Crippen LogP contribution in [0.15, 0.2) is 60.9 Å². The number of nitrogens with zero attached hydrogens (tertiary/aromatic N) is 5. The molecule has 0 bridgehead atoms. The van der Waals surface area contributed by atoms with E-state index in [1.165, 1.54) is 11.1 Å². The summed E-state index contributed by atoms with van der Waals surface area (Å²) in [5, 5.41) is 0.493. The van der Waals surface area contributed by atoms with E-state index in [1.807, 2.05) is 61.2 Å². The summed E-state index contributed by atoms with van der Waals surface area (Å²) in [5.74, 6) is 1.03. The smallest absolute Gasteiger partial charge is 0.258 e. The van der Waals surface area contributed by atoms with Crippen LogP contribution in [0, 0.1) is 13.8 Å². The highest BCUT2D eigenvalue weighted by Gasteiger charge is 2.60. The van der Waals surface area contributed by atoms with Crippen LogP contribution in [0.3, 0.4) is 0 Å². The van der Waals surface area contributed by atoms with Crippen LogP contribution in [0.25, 0.3) is 0 Å². The van der Waals surface area contributed by atoms with Crippen LogP contribution in [0.2, 0.25) is 5.02 Å². The Hall–Kier alpha value is -3.45. The molecule has 7 nitrogen and oxygen atoms in total. The number of amides is 2. The van der Waals surface area contributed by atoms with Crippen molar-refractivity contribution >= 4 is 35.1 Å². The van der Waals surface area contributed by atoms with Gasteiger partial charge in [-0.25, -0.2) is 9.97 Å². The van der Waals surface area contributed by atoms with Crippen molar-refractivity contribution in [2.75, 3.05) is 29.4 Å². The molecule has 2 fully saturated rings. The highest BCUT2D eigenvalue weighted by atomic mass is 35.5. The lowest BCUT2D eigenvalue weighted by molar-refractivity contribution is -0.153. The summed E-state index contributed by atoms with van der Waals surface area (Å²) in [5.41, 5.74) is 1.92. The topological polar surface area (TPSA) is 69.6 Å². The van der Waals surface area contributed by atoms with Crippen LogP contribution in [-0.4, -0.2) is 51.9 Å². The van der Waals surface area contributed by atoms with Gasteiger partial charge in [-0.2, -0.15) is 0 Å². The molecule has 5 rings (SSSR count). The lowest BCUT2D eigenvalue weighted by Gasteiger charge is -2.58. The van der Waals surface area contributed by atoms with E-state index in [9.17, 15) is 9.59 Å². The normalized spacial score (nSPS) is 17.5. The number of pyridine rings is 2. The molecule has 0 atom stereocenters. The molecule has 0 saturated carbocycles. The second kappa shape index (κ2) is 8.15. The van der Waals surface area contributed by atoms with Crippen molar-refractivity contribution in [1.82, 2.24) is 14.9 Å². The van der Waals surface area contributed by atoms with Crippen molar-refractivity contribution in [2.24, 2.45) is 0 Å². The van der Waals surface area contributed by atoms with Gasteiger partial charge in [0.25, 0.3) is 5.91 Å². The molecule has 4 heterocycles. The summed E-state index contributed by atoms with van der Waals surface area (Å²) < 4.78 is 0. The van der Waals surface area contributed by atoms with Crippen LogP contribution >= 0.6 is 11.6 Å². The van der Waals surface area contributed by atoms with Crippen LogP contribution < -0.4 is 9.80 Å². The second-order valence-corrected chi connectivity index (χ2v) is 9.16. The first kappa shape index (κ1) is 21.4. The van der Waals surface area contributed by atoms with E-state index in [2.05, 4.69) is 9.97 Å². The van der Waals surface area contributed by atoms with Crippen LogP contribution in [-0.2, 0) is 16.1 Å². The first-order valence-corrected chi connectivity index (χ1v) is 11.2. The number of carbonyl (C=O) groups excluding carboxylic acids is 2. The summed E-state index contributed by atoms with van der Waals surface area (Å²) in [6.45, 7) is 4.95. The second-order valence-electron chi connectivity index (χ2n) is 8.73. The monoisotopic (exact) mass is 461 g/mol. The molecule has 3 aromatic rings. The standard InChI is InChI=1S/C25H24ClN5O2/c1-17-6-8-19(9-7-17)13-31-22(32)14-30(23-18(2)11-20(26)12-28-23)24(33)25(31)15-29(16-25)21-5-3-4-10-27-21/h3-12H,13-16H2,1-2H3. The van der Waals surface area contributed by atoms with E-state index in [0.717, 1.165) is 22.5 Å². The summed E-state index contributed by atoms with van der Waals surface area (Å²) in [6.07, 6.45) is 3.24. The third-order valence-corrected chi connectivity index (χ3v) is 6.57. The third kappa shape index (κ3) is 3.72. The molecule has 0 unspecified atom stereocenters. The van der Waals surface area contributed by atoms with E-state index in [1.54, 1.807) is 17.2 Å². The van der Waals surface area contributed by atoms with Gasteiger partial charge in [0.1, 0.15) is 18.2 Å². The van der Waals surface area contributed by atoms with Crippen molar-refractivity contribution in [3.63, 3.8) is 0 Å². The SMILES string of the molecule is Cc1ccc(CN2C(=O)CN(c3ncc(Cl)cc3C)C(=O)C23CN(c2ccccn2)C3)cc1. The van der Waals surface area contributed by atoms with Gasteiger partial charge in [-0.05, 0) is 43.2 Å². The molecular formula is C25H24ClN5O2. The van der Waals surface area contributed by atoms with E-state index in [4.69, 9.17) is 11.6 Å². The van der Waals surface area contributed by atoms with Gasteiger partial charge in [0, 0.05) is 18.9 Å². The molecule has 2 saturated heterocycles. The zero-order chi connectivity index (χ0) is 23.2. The number of aryl methyl sites for hydroxylation is 2. The van der Waals surface area contributed by atoms with Crippen molar-refractivity contribution in [3.05, 3.63) is 82.6 Å². The van der Waals surface area contributed by atoms with E-state index in [-0.39, 0.29) is 18.4 Å². The average Bonchev–Trinajstić information content (AvgIpc) is 2.77. The van der Waals surface area contributed by atoms with Gasteiger partial charge in [0.2, 0.25) is 5.91 Å². The molecular weight excluding hydrogens is 438 g/mol. The maximum absolute atomic E-state index is 14.0. The van der Waals surface area contributed by atoms with Crippen molar-refractivity contribution in [2.45, 2.75) is 25.9 Å². The predicted octanol–water partition coefficient (Wildman–Crippen LogP) is 3.38. The van der Waals surface area contributed by atoms with Gasteiger partial charge in [0.15, 0.2) is 5.54 Å². The first-order valence-electron chi connectivity index (χ1n) is 10.8. The number of benzene rings is 1. The number of aromatic nitrogens is 2. The molecule has 8 heteroatoms. The van der Waals surface area contributed by atoms with E-state index >= 15 is 0 Å². The lowest BCUT2D eigenvalue weighted by Crippen LogP contribution is -2.81. The Morgan fingerprint density at radius 1 is 1.03 bits per heavy atom. The van der Waals surface area contributed by atoms with Crippen molar-refractivity contribution < 1.29 is 9.59 Å². The maximum atomic E-state index is 14.0. The van der Waals surface area contributed by atoms with E-state index < -0.39 is 5.54 Å². The largest absolute Gasteiger partial charge is 0.351 e. The Labute approximate surface area is 197 Å². The number of hydrogen-bond donors (Lipinski definition) is 0. The van der Waals surface area contributed by atoms with Crippen LogP contribution in [0.1, 0.15) is 16.7 Å². The molecule has 0 aliphatic carbocycles. The molecule has 168 valence electrons. The quantitative estimate of drug-likeness (QED) is 0.595. The molecule has 1 spiro atoms. The maximum Gasteiger partial charge on any atom is 0.258 e. The fraction of sp³-hybridized carbons (Fsp3) is 0.280. The van der Waals surface area contributed by atoms with E-state index in [0.29, 0.717) is 30.5 Å². The minimum Gasteiger partial charge on any atom is -0.351 e. The Bertz CT molecular complexity index is 1210. The summed E-state index contributed by atoms with van der Waals surface area (Å²) >= 11 is 6.07. The first-order chi connectivity index (χ1) is 15.9. The van der Waals surface area contributed by atoms with Crippen LogP contribution in [0.5, 0.6) is 0 Å². The Morgan fingerprint density at radius 3 is 2.45 bits per heavy atom. The Morgan fingerprint density at radius 2 is 1.79 bits per heavy atom. The molecule has 2 aliphatic heterocycles. The number of halogens is 1. The minimum atomic E-state index is -0.981. The van der Waals surface area contributed by atoms with Crippen molar-refractivity contribution in [3.8, 4) is 0 Å². The number of carbonyl (C=O) groups is 2. The fourth-order valence-corrected chi connectivity index (χ4v) is 4.81. The zero-order valence-electron chi connectivity index (χ0n) is 18.5. The fourth-order valence-electron chi connectivity index (χ4n) is 4.59. The number of piperazine rings is 1. The highest BCUT2D eigenvalue weighted by molar-refractivity contribution is 6.30. The molecule has 0 N–H and O–H groups in total. The van der Waals surface area contributed by atoms with Crippen molar-refractivity contribution in [1.29, 1.82) is 0 Å². The number of anilines is 2. The Balaban J connectivity index is 1.50. The van der Waals surface area contributed by atoms with Gasteiger partial charge < -0.3 is 9.80 Å². The van der Waals surface area contributed by atoms with Gasteiger partial charge in [-0.15, -0.1) is 0 Å². The molecule has 33 heavy (non-hydrogen) atoms. The molecule has 2 aliphatic rings. The minimum absolute atomic E-state index is 0.0501. The lowest BCUT2D eigenvalue weighted by atomic mass is 9.83. The van der Waals surface area contributed by atoms with Crippen LogP contribution in [0.4, 0.5) is 11.6 Å². The Kier molecular flexibility index (Phi) is 5.29. The zero-order valence-corrected chi connectivity index (χ0v) is 19.3. The average molecular weight is 462 g/mol. The van der Waals surface area contributed by atoms with Gasteiger partial charge in [-0.3, -0.25) is 14.5 Å². The molecule has 0 radical (unpaired) electrons. The number of rotatable bonds is 4. The third-order valence-electron chi connectivity index (χ3n) is 6.37. The van der Waals surface area contributed by atoms with Gasteiger partial charge in [-0.1, -0.05) is 47.5 Å². The summed E-state index contributed by atoms with van der Waals surface area (Å²) in [7, 11) is 0. The number of hydrogen-bond acceptors (Lipinski definition) is 5. The molecule has 2 amide bonds.